The van der Waals surface area contributed by atoms with Crippen molar-refractivity contribution in [2.75, 3.05) is 19.6 Å². The van der Waals surface area contributed by atoms with E-state index < -0.39 is 16.1 Å². The van der Waals surface area contributed by atoms with Crippen LogP contribution in [-0.4, -0.2) is 51.4 Å². The molecule has 0 saturated carbocycles. The molecule has 2 aromatic carbocycles. The summed E-state index contributed by atoms with van der Waals surface area (Å²) in [5.41, 5.74) is 1.54. The van der Waals surface area contributed by atoms with Gasteiger partial charge in [0.2, 0.25) is 5.91 Å². The second kappa shape index (κ2) is 10.6. The summed E-state index contributed by atoms with van der Waals surface area (Å²) in [7, 11) is 0. The highest BCUT2D eigenvalue weighted by molar-refractivity contribution is 14.1. The summed E-state index contributed by atoms with van der Waals surface area (Å²) in [4.78, 5) is 50.7. The van der Waals surface area contributed by atoms with Crippen LogP contribution < -0.4 is 4.74 Å². The summed E-state index contributed by atoms with van der Waals surface area (Å²) in [5.74, 6) is -0.0402. The Morgan fingerprint density at radius 3 is 2.50 bits per heavy atom. The van der Waals surface area contributed by atoms with Gasteiger partial charge >= 0.3 is 0 Å². The number of carbonyl (C=O) groups is 3. The second-order valence-corrected chi connectivity index (χ2v) is 9.91. The Balaban J connectivity index is 1.39. The van der Waals surface area contributed by atoms with Gasteiger partial charge in [-0.2, -0.15) is 0 Å². The Morgan fingerprint density at radius 2 is 1.85 bits per heavy atom. The van der Waals surface area contributed by atoms with Gasteiger partial charge < -0.3 is 9.64 Å². The number of non-ortho nitro benzene ring substituents is 1. The molecule has 0 atom stereocenters. The van der Waals surface area contributed by atoms with Crippen molar-refractivity contribution in [1.29, 1.82) is 0 Å². The van der Waals surface area contributed by atoms with Crippen molar-refractivity contribution in [3.63, 3.8) is 0 Å². The molecule has 9 nitrogen and oxygen atoms in total. The van der Waals surface area contributed by atoms with Gasteiger partial charge in [0.05, 0.1) is 13.4 Å². The van der Waals surface area contributed by atoms with Gasteiger partial charge in [0, 0.05) is 25.2 Å². The highest BCUT2D eigenvalue weighted by Crippen LogP contribution is 2.33. The molecule has 2 aliphatic rings. The van der Waals surface area contributed by atoms with E-state index in [9.17, 15) is 24.5 Å². The molecule has 0 radical (unpaired) electrons. The van der Waals surface area contributed by atoms with Crippen molar-refractivity contribution in [2.45, 2.75) is 19.4 Å². The van der Waals surface area contributed by atoms with Gasteiger partial charge in [-0.3, -0.25) is 29.4 Å². The fourth-order valence-electron chi connectivity index (χ4n) is 3.59. The van der Waals surface area contributed by atoms with Crippen LogP contribution >= 0.6 is 34.4 Å². The van der Waals surface area contributed by atoms with E-state index in [1.807, 2.05) is 6.07 Å². The number of thioether (sulfide) groups is 1. The van der Waals surface area contributed by atoms with Crippen LogP contribution in [0.25, 0.3) is 6.08 Å². The maximum atomic E-state index is 12.7. The number of nitro benzene ring substituents is 1. The maximum Gasteiger partial charge on any atom is 0.294 e. The third kappa shape index (κ3) is 5.58. The number of benzene rings is 2. The fourth-order valence-corrected chi connectivity index (χ4v) is 5.12. The third-order valence-electron chi connectivity index (χ3n) is 5.42. The molecule has 2 aromatic rings. The molecule has 3 amide bonds. The van der Waals surface area contributed by atoms with Crippen molar-refractivity contribution in [3.8, 4) is 5.75 Å². The predicted molar refractivity (Wildman–Crippen MR) is 135 cm³/mol. The summed E-state index contributed by atoms with van der Waals surface area (Å²) in [5, 5.41) is 10.3. The molecular weight excluding hydrogens is 573 g/mol. The minimum Gasteiger partial charge on any atom is -0.488 e. The van der Waals surface area contributed by atoms with E-state index in [0.717, 1.165) is 44.2 Å². The number of hydrogen-bond donors (Lipinski definition) is 0. The van der Waals surface area contributed by atoms with Gasteiger partial charge in [-0.25, -0.2) is 0 Å². The number of imide groups is 1. The van der Waals surface area contributed by atoms with E-state index in [1.165, 1.54) is 12.1 Å². The van der Waals surface area contributed by atoms with E-state index in [0.29, 0.717) is 18.8 Å². The number of amides is 3. The number of halogens is 1. The van der Waals surface area contributed by atoms with E-state index in [1.54, 1.807) is 35.2 Å². The average Bonchev–Trinajstić information content (AvgIpc) is 3.44. The first kappa shape index (κ1) is 24.2. The molecule has 2 aliphatic heterocycles. The molecule has 0 aromatic heterocycles. The number of hydrogen-bond acceptors (Lipinski definition) is 7. The van der Waals surface area contributed by atoms with E-state index in [4.69, 9.17) is 4.74 Å². The largest absolute Gasteiger partial charge is 0.488 e. The van der Waals surface area contributed by atoms with E-state index in [-0.39, 0.29) is 29.7 Å². The predicted octanol–water partition coefficient (Wildman–Crippen LogP) is 4.44. The molecule has 4 rings (SSSR count). The molecule has 0 N–H and O–H groups in total. The number of rotatable bonds is 7. The summed E-state index contributed by atoms with van der Waals surface area (Å²) in [6, 6.07) is 11.5. The number of nitrogens with zero attached hydrogens (tertiary/aromatic N) is 3. The van der Waals surface area contributed by atoms with Gasteiger partial charge in [-0.1, -0.05) is 6.07 Å². The zero-order valence-electron chi connectivity index (χ0n) is 17.9. The minimum absolute atomic E-state index is 0.0208. The molecule has 2 saturated heterocycles. The van der Waals surface area contributed by atoms with Gasteiger partial charge in [0.25, 0.3) is 16.8 Å². The number of carbonyl (C=O) groups excluding carboxylic acids is 3. The second-order valence-electron chi connectivity index (χ2n) is 7.76. The maximum absolute atomic E-state index is 12.7. The SMILES string of the molecule is O=C(CN1C(=O)S/C(=C/c2ccc(OCc3ccc([N+](=O)[O-])cc3)c(I)c2)C1=O)N1CCCC1. The van der Waals surface area contributed by atoms with Crippen LogP contribution in [0.5, 0.6) is 5.75 Å². The quantitative estimate of drug-likeness (QED) is 0.202. The lowest BCUT2D eigenvalue weighted by Crippen LogP contribution is -2.40. The first-order valence-electron chi connectivity index (χ1n) is 10.5. The lowest BCUT2D eigenvalue weighted by molar-refractivity contribution is -0.384. The number of ether oxygens (including phenoxy) is 1. The van der Waals surface area contributed by atoms with Gasteiger partial charge in [0.15, 0.2) is 0 Å². The molecule has 11 heteroatoms. The molecule has 0 bridgehead atoms. The Kier molecular flexibility index (Phi) is 7.51. The van der Waals surface area contributed by atoms with E-state index >= 15 is 0 Å². The summed E-state index contributed by atoms with van der Waals surface area (Å²) < 4.78 is 6.62. The molecular formula is C23H20IN3O6S. The lowest BCUT2D eigenvalue weighted by Gasteiger charge is -2.18. The Bertz CT molecular complexity index is 1180. The van der Waals surface area contributed by atoms with E-state index in [2.05, 4.69) is 22.6 Å². The fraction of sp³-hybridized carbons (Fsp3) is 0.261. The van der Waals surface area contributed by atoms with Crippen molar-refractivity contribution >= 4 is 63.2 Å². The minimum atomic E-state index is -0.462. The first-order chi connectivity index (χ1) is 16.3. The highest BCUT2D eigenvalue weighted by Gasteiger charge is 2.37. The van der Waals surface area contributed by atoms with Gasteiger partial charge in [0.1, 0.15) is 18.9 Å². The number of likely N-dealkylation sites (tertiary alicyclic amines) is 1. The van der Waals surface area contributed by atoms with Crippen molar-refractivity contribution in [3.05, 3.63) is 72.2 Å². The summed E-state index contributed by atoms with van der Waals surface area (Å²) in [6.45, 7) is 1.36. The van der Waals surface area contributed by atoms with Crippen LogP contribution in [0.15, 0.2) is 47.4 Å². The van der Waals surface area contributed by atoms with Crippen molar-refractivity contribution in [1.82, 2.24) is 9.80 Å². The lowest BCUT2D eigenvalue weighted by atomic mass is 10.2. The molecule has 176 valence electrons. The molecule has 0 spiro atoms. The molecule has 34 heavy (non-hydrogen) atoms. The summed E-state index contributed by atoms with van der Waals surface area (Å²) >= 11 is 2.95. The zero-order valence-corrected chi connectivity index (χ0v) is 20.9. The standard InChI is InChI=1S/C23H20IN3O6S/c24-18-11-16(5-8-19(18)33-14-15-3-6-17(7-4-15)27(31)32)12-20-22(29)26(23(30)34-20)13-21(28)25-9-1-2-10-25/h3-8,11-12H,1-2,9-10,13-14H2/b20-12+. The average molecular weight is 593 g/mol. The van der Waals surface area contributed by atoms with Crippen LogP contribution in [0, 0.1) is 13.7 Å². The smallest absolute Gasteiger partial charge is 0.294 e. The van der Waals surface area contributed by atoms with Crippen LogP contribution in [0.3, 0.4) is 0 Å². The molecule has 0 aliphatic carbocycles. The van der Waals surface area contributed by atoms with Crippen LogP contribution in [-0.2, 0) is 16.2 Å². The highest BCUT2D eigenvalue weighted by atomic mass is 127. The van der Waals surface area contributed by atoms with Crippen molar-refractivity contribution in [2.24, 2.45) is 0 Å². The Labute approximate surface area is 213 Å². The Morgan fingerprint density at radius 1 is 1.15 bits per heavy atom. The summed E-state index contributed by atoms with van der Waals surface area (Å²) in [6.07, 6.45) is 3.52. The topological polar surface area (TPSA) is 110 Å². The van der Waals surface area contributed by atoms with Crippen molar-refractivity contribution < 1.29 is 24.0 Å². The van der Waals surface area contributed by atoms with Gasteiger partial charge in [-0.15, -0.1) is 0 Å². The zero-order chi connectivity index (χ0) is 24.2. The molecule has 0 unspecified atom stereocenters. The third-order valence-corrected chi connectivity index (χ3v) is 7.17. The normalized spacial score (nSPS) is 17.0. The van der Waals surface area contributed by atoms with Crippen LogP contribution in [0.4, 0.5) is 10.5 Å². The monoisotopic (exact) mass is 593 g/mol. The molecule has 2 fully saturated rings. The van der Waals surface area contributed by atoms with Crippen LogP contribution in [0.1, 0.15) is 24.0 Å². The first-order valence-corrected chi connectivity index (χ1v) is 12.4. The molecule has 2 heterocycles. The Hall–Kier alpha value is -2.93. The van der Waals surface area contributed by atoms with Crippen LogP contribution in [0.2, 0.25) is 0 Å². The number of nitro groups is 1. The van der Waals surface area contributed by atoms with Gasteiger partial charge in [-0.05, 0) is 88.7 Å².